The number of thiophene rings is 1. The van der Waals surface area contributed by atoms with Gasteiger partial charge in [0.15, 0.2) is 0 Å². The Morgan fingerprint density at radius 2 is 2.24 bits per heavy atom. The van der Waals surface area contributed by atoms with Crippen LogP contribution in [0.3, 0.4) is 0 Å². The third-order valence-electron chi connectivity index (χ3n) is 2.76. The molecule has 0 atom stereocenters. The largest absolute Gasteiger partial charge is 0.395 e. The molecule has 108 valence electrons. The average molecular weight is 303 g/mol. The number of hydrogen-bond donors (Lipinski definition) is 2. The van der Waals surface area contributed by atoms with Crippen molar-refractivity contribution in [2.24, 2.45) is 0 Å². The molecule has 0 aliphatic heterocycles. The highest BCUT2D eigenvalue weighted by Gasteiger charge is 2.12. The highest BCUT2D eigenvalue weighted by molar-refractivity contribution is 7.12. The molecule has 0 aliphatic carbocycles. The summed E-state index contributed by atoms with van der Waals surface area (Å²) in [5, 5.41) is 13.1. The number of aliphatic hydroxyl groups excluding tert-OH is 1. The molecule has 21 heavy (non-hydrogen) atoms. The lowest BCUT2D eigenvalue weighted by Crippen LogP contribution is -2.11. The van der Waals surface area contributed by atoms with Crippen LogP contribution >= 0.6 is 11.3 Å². The average Bonchev–Trinajstić information content (AvgIpc) is 2.92. The van der Waals surface area contributed by atoms with E-state index in [0.717, 1.165) is 0 Å². The van der Waals surface area contributed by atoms with E-state index in [1.165, 1.54) is 17.4 Å². The maximum atomic E-state index is 13.5. The molecule has 3 nitrogen and oxygen atoms in total. The highest BCUT2D eigenvalue weighted by atomic mass is 32.1. The molecule has 1 aromatic carbocycles. The lowest BCUT2D eigenvalue weighted by atomic mass is 10.2. The van der Waals surface area contributed by atoms with Crippen LogP contribution < -0.4 is 5.32 Å². The summed E-state index contributed by atoms with van der Waals surface area (Å²) in [6, 6.07) is 6.31. The molecule has 0 radical (unpaired) electrons. The summed E-state index contributed by atoms with van der Waals surface area (Å²) in [7, 11) is 0. The molecular formula is C16H14FNO2S. The number of amides is 1. The molecule has 5 heteroatoms. The second kappa shape index (κ2) is 7.02. The second-order valence-corrected chi connectivity index (χ2v) is 5.27. The van der Waals surface area contributed by atoms with Gasteiger partial charge >= 0.3 is 0 Å². The Labute approximate surface area is 126 Å². The number of rotatable bonds is 3. The van der Waals surface area contributed by atoms with E-state index >= 15 is 0 Å². The van der Waals surface area contributed by atoms with Crippen molar-refractivity contribution >= 4 is 22.9 Å². The Kier molecular flexibility index (Phi) is 5.09. The van der Waals surface area contributed by atoms with Crippen molar-refractivity contribution in [3.05, 3.63) is 51.5 Å². The van der Waals surface area contributed by atoms with Gasteiger partial charge in [0.25, 0.3) is 5.91 Å². The zero-order valence-corrected chi connectivity index (χ0v) is 12.3. The van der Waals surface area contributed by atoms with E-state index in [-0.39, 0.29) is 18.3 Å². The Morgan fingerprint density at radius 1 is 1.43 bits per heavy atom. The van der Waals surface area contributed by atoms with Crippen LogP contribution in [-0.2, 0) is 0 Å². The van der Waals surface area contributed by atoms with Crippen LogP contribution in [0.4, 0.5) is 10.1 Å². The number of hydrogen-bond acceptors (Lipinski definition) is 3. The van der Waals surface area contributed by atoms with Gasteiger partial charge in [-0.25, -0.2) is 4.39 Å². The first-order chi connectivity index (χ1) is 10.1. The number of carbonyl (C=O) groups is 1. The molecule has 1 aromatic heterocycles. The van der Waals surface area contributed by atoms with Gasteiger partial charge in [0.2, 0.25) is 0 Å². The van der Waals surface area contributed by atoms with Gasteiger partial charge in [0, 0.05) is 17.7 Å². The molecule has 2 aromatic rings. The third kappa shape index (κ3) is 3.91. The first-order valence-electron chi connectivity index (χ1n) is 6.36. The third-order valence-corrected chi connectivity index (χ3v) is 3.67. The van der Waals surface area contributed by atoms with Crippen LogP contribution in [-0.4, -0.2) is 17.6 Å². The molecule has 1 heterocycles. The SMILES string of the molecule is Cc1ccc(NC(=O)c2sccc2C#CCCO)cc1F. The molecule has 0 saturated carbocycles. The van der Waals surface area contributed by atoms with Gasteiger partial charge in [-0.3, -0.25) is 4.79 Å². The van der Waals surface area contributed by atoms with Gasteiger partial charge < -0.3 is 10.4 Å². The number of benzene rings is 1. The predicted molar refractivity (Wildman–Crippen MR) is 82.0 cm³/mol. The van der Waals surface area contributed by atoms with Crippen molar-refractivity contribution in [1.82, 2.24) is 0 Å². The van der Waals surface area contributed by atoms with Crippen molar-refractivity contribution in [2.75, 3.05) is 11.9 Å². The van der Waals surface area contributed by atoms with Gasteiger partial charge in [-0.15, -0.1) is 11.3 Å². The van der Waals surface area contributed by atoms with E-state index in [2.05, 4.69) is 17.2 Å². The molecule has 0 spiro atoms. The number of aryl methyl sites for hydroxylation is 1. The minimum Gasteiger partial charge on any atom is -0.395 e. The van der Waals surface area contributed by atoms with Crippen molar-refractivity contribution in [1.29, 1.82) is 0 Å². The van der Waals surface area contributed by atoms with E-state index < -0.39 is 0 Å². The van der Waals surface area contributed by atoms with E-state index in [9.17, 15) is 9.18 Å². The molecule has 0 unspecified atom stereocenters. The fraction of sp³-hybridized carbons (Fsp3) is 0.188. The van der Waals surface area contributed by atoms with Crippen LogP contribution in [0.2, 0.25) is 0 Å². The summed E-state index contributed by atoms with van der Waals surface area (Å²) in [5.41, 5.74) is 1.55. The molecule has 2 rings (SSSR count). The van der Waals surface area contributed by atoms with E-state index in [1.54, 1.807) is 30.5 Å². The minimum atomic E-state index is -0.359. The Hall–Kier alpha value is -2.16. The summed E-state index contributed by atoms with van der Waals surface area (Å²) < 4.78 is 13.5. The standard InChI is InChI=1S/C16H14FNO2S/c1-11-5-6-13(10-14(11)17)18-16(20)15-12(7-9-21-15)4-2-3-8-19/h5-7,9-10,19H,3,8H2,1H3,(H,18,20). The zero-order valence-electron chi connectivity index (χ0n) is 11.4. The predicted octanol–water partition coefficient (Wildman–Crippen LogP) is 3.18. The summed E-state index contributed by atoms with van der Waals surface area (Å²) in [6.45, 7) is 1.65. The first kappa shape index (κ1) is 15.2. The summed E-state index contributed by atoms with van der Waals surface area (Å²) in [4.78, 5) is 12.7. The molecule has 0 aliphatic rings. The van der Waals surface area contributed by atoms with Crippen LogP contribution in [0.5, 0.6) is 0 Å². The lowest BCUT2D eigenvalue weighted by molar-refractivity contribution is 0.103. The van der Waals surface area contributed by atoms with Gasteiger partial charge in [-0.05, 0) is 36.1 Å². The van der Waals surface area contributed by atoms with Gasteiger partial charge in [-0.2, -0.15) is 0 Å². The fourth-order valence-corrected chi connectivity index (χ4v) is 2.40. The fourth-order valence-electron chi connectivity index (χ4n) is 1.66. The van der Waals surface area contributed by atoms with Crippen molar-refractivity contribution in [2.45, 2.75) is 13.3 Å². The maximum absolute atomic E-state index is 13.5. The molecule has 0 bridgehead atoms. The Bertz CT molecular complexity index is 713. The lowest BCUT2D eigenvalue weighted by Gasteiger charge is -2.05. The molecule has 0 fully saturated rings. The molecule has 2 N–H and O–H groups in total. The van der Waals surface area contributed by atoms with E-state index in [0.29, 0.717) is 28.1 Å². The molecular weight excluding hydrogens is 289 g/mol. The van der Waals surface area contributed by atoms with E-state index in [4.69, 9.17) is 5.11 Å². The maximum Gasteiger partial charge on any atom is 0.267 e. The number of halogens is 1. The molecule has 1 amide bonds. The summed E-state index contributed by atoms with van der Waals surface area (Å²) in [5.74, 6) is 4.95. The molecule has 0 saturated heterocycles. The van der Waals surface area contributed by atoms with Crippen molar-refractivity contribution < 1.29 is 14.3 Å². The van der Waals surface area contributed by atoms with Crippen molar-refractivity contribution in [3.63, 3.8) is 0 Å². The van der Waals surface area contributed by atoms with Gasteiger partial charge in [-0.1, -0.05) is 17.9 Å². The van der Waals surface area contributed by atoms with Gasteiger partial charge in [0.1, 0.15) is 10.7 Å². The zero-order chi connectivity index (χ0) is 15.2. The first-order valence-corrected chi connectivity index (χ1v) is 7.24. The monoisotopic (exact) mass is 303 g/mol. The Morgan fingerprint density at radius 3 is 2.95 bits per heavy atom. The number of carbonyl (C=O) groups excluding carboxylic acids is 1. The Balaban J connectivity index is 2.16. The van der Waals surface area contributed by atoms with Crippen LogP contribution in [0, 0.1) is 24.6 Å². The van der Waals surface area contributed by atoms with Crippen LogP contribution in [0.1, 0.15) is 27.2 Å². The number of anilines is 1. The quantitative estimate of drug-likeness (QED) is 0.856. The number of aliphatic hydroxyl groups is 1. The minimum absolute atomic E-state index is 0.0126. The van der Waals surface area contributed by atoms with Crippen LogP contribution in [0.25, 0.3) is 0 Å². The van der Waals surface area contributed by atoms with Crippen LogP contribution in [0.15, 0.2) is 29.6 Å². The highest BCUT2D eigenvalue weighted by Crippen LogP contribution is 2.19. The number of nitrogens with one attached hydrogen (secondary N) is 1. The van der Waals surface area contributed by atoms with Gasteiger partial charge in [0.05, 0.1) is 6.61 Å². The van der Waals surface area contributed by atoms with E-state index in [1.807, 2.05) is 0 Å². The topological polar surface area (TPSA) is 49.3 Å². The second-order valence-electron chi connectivity index (χ2n) is 4.36. The summed E-state index contributed by atoms with van der Waals surface area (Å²) in [6.07, 6.45) is 0.361. The normalized spacial score (nSPS) is 9.86. The smallest absolute Gasteiger partial charge is 0.267 e. The summed E-state index contributed by atoms with van der Waals surface area (Å²) >= 11 is 1.27. The van der Waals surface area contributed by atoms with Crippen molar-refractivity contribution in [3.8, 4) is 11.8 Å².